The van der Waals surface area contributed by atoms with Crippen LogP contribution in [0.4, 0.5) is 0 Å². The zero-order valence-corrected chi connectivity index (χ0v) is 32.1. The van der Waals surface area contributed by atoms with Crippen LogP contribution in [0, 0.1) is 0 Å². The Hall–Kier alpha value is -3.38. The zero-order chi connectivity index (χ0) is 34.7. The van der Waals surface area contributed by atoms with Gasteiger partial charge in [0.2, 0.25) is 0 Å². The van der Waals surface area contributed by atoms with Crippen molar-refractivity contribution in [1.29, 1.82) is 0 Å². The van der Waals surface area contributed by atoms with Crippen LogP contribution in [0.2, 0.25) is 0 Å². The van der Waals surface area contributed by atoms with E-state index in [0.29, 0.717) is 0 Å². The average Bonchev–Trinajstić information content (AvgIpc) is 3.62. The van der Waals surface area contributed by atoms with Gasteiger partial charge in [-0.15, -0.1) is 0 Å². The summed E-state index contributed by atoms with van der Waals surface area (Å²) in [5, 5.41) is 0. The summed E-state index contributed by atoms with van der Waals surface area (Å²) in [6, 6.07) is 29.9. The summed E-state index contributed by atoms with van der Waals surface area (Å²) in [6.07, 6.45) is 25.6. The minimum Gasteiger partial charge on any atom is -0.0654 e. The van der Waals surface area contributed by atoms with Crippen molar-refractivity contribution >= 4 is 11.1 Å². The molecule has 4 aromatic carbocycles. The smallest absolute Gasteiger partial charge is 0.00137 e. The maximum absolute atomic E-state index is 2.59. The van der Waals surface area contributed by atoms with Gasteiger partial charge in [-0.1, -0.05) is 178 Å². The van der Waals surface area contributed by atoms with Crippen LogP contribution < -0.4 is 0 Å². The highest BCUT2D eigenvalue weighted by atomic mass is 14.4. The highest BCUT2D eigenvalue weighted by Gasteiger charge is 2.33. The molecule has 0 bridgehead atoms. The molecule has 0 heteroatoms. The highest BCUT2D eigenvalue weighted by Crippen LogP contribution is 2.55. The summed E-state index contributed by atoms with van der Waals surface area (Å²) in [4.78, 5) is 0. The van der Waals surface area contributed by atoms with E-state index in [9.17, 15) is 0 Å². The molecule has 0 radical (unpaired) electrons. The number of rotatable bonds is 20. The predicted octanol–water partition coefficient (Wildman–Crippen LogP) is 15.1. The second-order valence-electron chi connectivity index (χ2n) is 15.5. The molecule has 0 atom stereocenters. The molecule has 0 amide bonds. The molecule has 0 saturated heterocycles. The van der Waals surface area contributed by atoms with E-state index in [2.05, 4.69) is 100 Å². The minimum absolute atomic E-state index is 1.17. The lowest BCUT2D eigenvalue weighted by Gasteiger charge is -2.15. The Morgan fingerprint density at radius 3 is 0.720 bits per heavy atom. The Labute approximate surface area is 305 Å². The molecule has 0 nitrogen and oxygen atoms in total. The van der Waals surface area contributed by atoms with Crippen molar-refractivity contribution in [1.82, 2.24) is 0 Å². The molecule has 0 aromatic heterocycles. The monoisotopic (exact) mass is 665 g/mol. The molecule has 50 heavy (non-hydrogen) atoms. The third-order valence-corrected chi connectivity index (χ3v) is 11.5. The van der Waals surface area contributed by atoms with Crippen LogP contribution >= 0.6 is 0 Å². The molecule has 6 rings (SSSR count). The summed E-state index contributed by atoms with van der Waals surface area (Å²) in [5.74, 6) is 0. The molecule has 2 aliphatic rings. The predicted molar refractivity (Wildman–Crippen MR) is 220 cm³/mol. The number of benzene rings is 4. The molecule has 0 N–H and O–H groups in total. The number of aryl methyl sites for hydroxylation is 4. The number of hydrogen-bond donors (Lipinski definition) is 0. The van der Waals surface area contributed by atoms with Gasteiger partial charge in [-0.25, -0.2) is 0 Å². The van der Waals surface area contributed by atoms with Gasteiger partial charge in [0.05, 0.1) is 0 Å². The van der Waals surface area contributed by atoms with E-state index in [-0.39, 0.29) is 0 Å². The third kappa shape index (κ3) is 8.39. The lowest BCUT2D eigenvalue weighted by Crippen LogP contribution is -1.96. The van der Waals surface area contributed by atoms with E-state index in [4.69, 9.17) is 0 Å². The quantitative estimate of drug-likeness (QED) is 0.0713. The maximum Gasteiger partial charge on any atom is -0.00137 e. The first-order valence-electron chi connectivity index (χ1n) is 20.9. The fourth-order valence-corrected chi connectivity index (χ4v) is 8.61. The van der Waals surface area contributed by atoms with Crippen LogP contribution in [0.3, 0.4) is 0 Å². The second-order valence-corrected chi connectivity index (χ2v) is 15.5. The number of fused-ring (bicyclic) bond motifs is 6. The summed E-state index contributed by atoms with van der Waals surface area (Å²) < 4.78 is 0. The summed E-state index contributed by atoms with van der Waals surface area (Å²) in [6.45, 7) is 9.25. The minimum atomic E-state index is 1.17. The summed E-state index contributed by atoms with van der Waals surface area (Å²) in [5.41, 5.74) is 20.6. The Morgan fingerprint density at radius 2 is 0.500 bits per heavy atom. The van der Waals surface area contributed by atoms with Crippen molar-refractivity contribution in [3.05, 3.63) is 117 Å². The van der Waals surface area contributed by atoms with Gasteiger partial charge < -0.3 is 0 Å². The van der Waals surface area contributed by atoms with Gasteiger partial charge in [-0.05, 0) is 129 Å². The molecule has 0 heterocycles. The largest absolute Gasteiger partial charge is 0.0654 e. The molecule has 0 fully saturated rings. The van der Waals surface area contributed by atoms with Crippen LogP contribution in [0.5, 0.6) is 0 Å². The van der Waals surface area contributed by atoms with E-state index >= 15 is 0 Å². The van der Waals surface area contributed by atoms with Crippen molar-refractivity contribution in [3.8, 4) is 22.3 Å². The fraction of sp³-hybridized carbons (Fsp3) is 0.480. The first kappa shape index (κ1) is 36.4. The van der Waals surface area contributed by atoms with Gasteiger partial charge in [0, 0.05) is 0 Å². The number of unbranched alkanes of at least 4 members (excludes halogenated alkanes) is 12. The normalized spacial score (nSPS) is 12.7. The molecule has 0 unspecified atom stereocenters. The van der Waals surface area contributed by atoms with E-state index in [1.54, 1.807) is 0 Å². The maximum atomic E-state index is 2.59. The first-order valence-corrected chi connectivity index (χ1v) is 20.9. The Morgan fingerprint density at radius 1 is 0.260 bits per heavy atom. The van der Waals surface area contributed by atoms with Gasteiger partial charge in [0.1, 0.15) is 0 Å². The Kier molecular flexibility index (Phi) is 13.3. The molecule has 0 saturated carbocycles. The first-order chi connectivity index (χ1) is 24.7. The van der Waals surface area contributed by atoms with Crippen molar-refractivity contribution in [2.24, 2.45) is 0 Å². The summed E-state index contributed by atoms with van der Waals surface area (Å²) in [7, 11) is 0. The molecule has 4 aromatic rings. The highest BCUT2D eigenvalue weighted by molar-refractivity contribution is 6.19. The van der Waals surface area contributed by atoms with Crippen molar-refractivity contribution in [3.63, 3.8) is 0 Å². The Bertz CT molecular complexity index is 1490. The molecule has 264 valence electrons. The lowest BCUT2D eigenvalue weighted by atomic mass is 9.88. The molecule has 0 spiro atoms. The standard InChI is InChI=1S/C50H64/c1-5-9-13-17-21-37-25-29-41-42-30-26-38(22-18-14-10-6-2)34-46(42)49(45(41)33-37)50-47-35-39(23-19-15-11-7-3)27-31-43(47)44-32-28-40(36-48(44)50)24-20-16-12-8-4/h25-36H,5-24H2,1-4H3. The fourth-order valence-electron chi connectivity index (χ4n) is 8.61. The van der Waals surface area contributed by atoms with Crippen LogP contribution in [0.1, 0.15) is 175 Å². The molecular weight excluding hydrogens is 601 g/mol. The van der Waals surface area contributed by atoms with E-state index in [1.165, 1.54) is 206 Å². The van der Waals surface area contributed by atoms with E-state index < -0.39 is 0 Å². The van der Waals surface area contributed by atoms with Gasteiger partial charge >= 0.3 is 0 Å². The summed E-state index contributed by atoms with van der Waals surface area (Å²) >= 11 is 0. The lowest BCUT2D eigenvalue weighted by molar-refractivity contribution is 0.667. The van der Waals surface area contributed by atoms with Crippen molar-refractivity contribution in [2.45, 2.75) is 156 Å². The molecule has 0 aliphatic heterocycles. The average molecular weight is 665 g/mol. The van der Waals surface area contributed by atoms with Gasteiger partial charge in [0.15, 0.2) is 0 Å². The SMILES string of the molecule is CCCCCCc1ccc2c(c1)C(=C1c3cc(CCCCCC)ccc3-c3ccc(CCCCCC)cc31)c1cc(CCCCCC)ccc1-2. The van der Waals surface area contributed by atoms with Crippen LogP contribution in [0.15, 0.2) is 72.8 Å². The van der Waals surface area contributed by atoms with Gasteiger partial charge in [-0.3, -0.25) is 0 Å². The third-order valence-electron chi connectivity index (χ3n) is 11.5. The van der Waals surface area contributed by atoms with Gasteiger partial charge in [0.25, 0.3) is 0 Å². The Balaban J connectivity index is 1.51. The van der Waals surface area contributed by atoms with Crippen molar-refractivity contribution < 1.29 is 0 Å². The van der Waals surface area contributed by atoms with E-state index in [1.807, 2.05) is 0 Å². The number of hydrogen-bond acceptors (Lipinski definition) is 0. The topological polar surface area (TPSA) is 0 Å². The second kappa shape index (κ2) is 18.2. The van der Waals surface area contributed by atoms with Crippen LogP contribution in [-0.4, -0.2) is 0 Å². The van der Waals surface area contributed by atoms with Crippen LogP contribution in [-0.2, 0) is 25.7 Å². The molecule has 2 aliphatic carbocycles. The van der Waals surface area contributed by atoms with Gasteiger partial charge in [-0.2, -0.15) is 0 Å². The molecular formula is C50H64. The van der Waals surface area contributed by atoms with Crippen LogP contribution in [0.25, 0.3) is 33.4 Å². The van der Waals surface area contributed by atoms with E-state index in [0.717, 1.165) is 0 Å². The zero-order valence-electron chi connectivity index (χ0n) is 32.1. The van der Waals surface area contributed by atoms with Crippen molar-refractivity contribution in [2.75, 3.05) is 0 Å².